The van der Waals surface area contributed by atoms with E-state index < -0.39 is 0 Å². The van der Waals surface area contributed by atoms with E-state index >= 15 is 0 Å². The highest BCUT2D eigenvalue weighted by Gasteiger charge is 2.23. The lowest BCUT2D eigenvalue weighted by Crippen LogP contribution is -2.46. The molecule has 1 fully saturated rings. The first-order chi connectivity index (χ1) is 14.2. The van der Waals surface area contributed by atoms with Crippen molar-refractivity contribution in [3.8, 4) is 5.69 Å². The van der Waals surface area contributed by atoms with Gasteiger partial charge < -0.3 is 5.32 Å². The lowest BCUT2D eigenvalue weighted by Gasteiger charge is -2.35. The van der Waals surface area contributed by atoms with Crippen LogP contribution in [0.3, 0.4) is 0 Å². The van der Waals surface area contributed by atoms with Gasteiger partial charge in [-0.3, -0.25) is 9.69 Å². The van der Waals surface area contributed by atoms with Gasteiger partial charge in [0.15, 0.2) is 5.69 Å². The molecule has 2 aromatic carbocycles. The average molecular weight is 392 g/mol. The molecule has 1 aliphatic heterocycles. The third kappa shape index (κ3) is 4.71. The molecule has 0 spiro atoms. The van der Waals surface area contributed by atoms with Crippen molar-refractivity contribution in [2.45, 2.75) is 31.8 Å². The van der Waals surface area contributed by atoms with Gasteiger partial charge in [0.05, 0.1) is 0 Å². The van der Waals surface area contributed by atoms with Crippen molar-refractivity contribution in [2.24, 2.45) is 0 Å². The Bertz CT molecular complexity index is 956. The van der Waals surface area contributed by atoms with E-state index in [0.717, 1.165) is 19.5 Å². The molecule has 6 heteroatoms. The molecule has 0 aliphatic carbocycles. The molecule has 3 aromatic rings. The molecule has 1 saturated heterocycles. The van der Waals surface area contributed by atoms with E-state index in [1.54, 1.807) is 30.5 Å². The quantitative estimate of drug-likeness (QED) is 0.694. The number of piperidine rings is 1. The second-order valence-electron chi connectivity index (χ2n) is 7.41. The highest BCUT2D eigenvalue weighted by Crippen LogP contribution is 2.19. The highest BCUT2D eigenvalue weighted by atomic mass is 19.1. The molecule has 1 unspecified atom stereocenters. The maximum Gasteiger partial charge on any atom is 0.271 e. The van der Waals surface area contributed by atoms with E-state index in [0.29, 0.717) is 24.0 Å². The number of benzene rings is 2. The summed E-state index contributed by atoms with van der Waals surface area (Å²) in [4.78, 5) is 15.0. The largest absolute Gasteiger partial charge is 0.349 e. The molecular weight excluding hydrogens is 367 g/mol. The lowest BCUT2D eigenvalue weighted by molar-refractivity contribution is 0.0902. The van der Waals surface area contributed by atoms with Crippen LogP contribution < -0.4 is 5.32 Å². The summed E-state index contributed by atoms with van der Waals surface area (Å²) in [5.74, 6) is -0.605. The van der Waals surface area contributed by atoms with Crippen LogP contribution in [0.25, 0.3) is 5.69 Å². The molecule has 1 atom stereocenters. The van der Waals surface area contributed by atoms with Crippen LogP contribution in [0.15, 0.2) is 66.9 Å². The molecule has 5 nitrogen and oxygen atoms in total. The summed E-state index contributed by atoms with van der Waals surface area (Å²) in [6, 6.07) is 18.7. The van der Waals surface area contributed by atoms with Crippen molar-refractivity contribution in [3.63, 3.8) is 0 Å². The zero-order valence-corrected chi connectivity index (χ0v) is 16.3. The number of likely N-dealkylation sites (tertiary alicyclic amines) is 1. The number of nitrogens with zero attached hydrogens (tertiary/aromatic N) is 3. The van der Waals surface area contributed by atoms with Gasteiger partial charge in [-0.05, 0) is 43.1 Å². The maximum absolute atomic E-state index is 13.9. The molecule has 29 heavy (non-hydrogen) atoms. The predicted octanol–water partition coefficient (Wildman–Crippen LogP) is 3.80. The average Bonchev–Trinajstić information content (AvgIpc) is 3.24. The van der Waals surface area contributed by atoms with Gasteiger partial charge in [-0.15, -0.1) is 0 Å². The van der Waals surface area contributed by atoms with E-state index in [4.69, 9.17) is 0 Å². The van der Waals surface area contributed by atoms with Gasteiger partial charge in [0.2, 0.25) is 0 Å². The number of nitrogens with one attached hydrogen (secondary N) is 1. The van der Waals surface area contributed by atoms with Gasteiger partial charge in [-0.2, -0.15) is 5.10 Å². The van der Waals surface area contributed by atoms with E-state index in [9.17, 15) is 9.18 Å². The fourth-order valence-electron chi connectivity index (χ4n) is 3.84. The fraction of sp³-hybridized carbons (Fsp3) is 0.304. The van der Waals surface area contributed by atoms with Gasteiger partial charge in [0, 0.05) is 25.3 Å². The number of hydrogen-bond donors (Lipinski definition) is 1. The number of rotatable bonds is 6. The molecule has 150 valence electrons. The Morgan fingerprint density at radius 3 is 2.69 bits per heavy atom. The van der Waals surface area contributed by atoms with E-state index in [2.05, 4.69) is 39.6 Å². The van der Waals surface area contributed by atoms with Crippen LogP contribution in [0.5, 0.6) is 0 Å². The van der Waals surface area contributed by atoms with Crippen molar-refractivity contribution in [1.29, 1.82) is 0 Å². The monoisotopic (exact) mass is 392 g/mol. The highest BCUT2D eigenvalue weighted by molar-refractivity contribution is 5.92. The summed E-state index contributed by atoms with van der Waals surface area (Å²) >= 11 is 0. The normalized spacial score (nSPS) is 17.2. The molecule has 0 bridgehead atoms. The van der Waals surface area contributed by atoms with Crippen molar-refractivity contribution < 1.29 is 9.18 Å². The molecule has 1 aliphatic rings. The minimum Gasteiger partial charge on any atom is -0.349 e. The first-order valence-electron chi connectivity index (χ1n) is 10.1. The zero-order valence-electron chi connectivity index (χ0n) is 16.3. The molecule has 2 heterocycles. The summed E-state index contributed by atoms with van der Waals surface area (Å²) < 4.78 is 15.3. The van der Waals surface area contributed by atoms with Crippen LogP contribution in [-0.2, 0) is 6.54 Å². The van der Waals surface area contributed by atoms with Crippen molar-refractivity contribution >= 4 is 5.91 Å². The number of halogens is 1. The first kappa shape index (κ1) is 19.3. The van der Waals surface area contributed by atoms with Crippen LogP contribution in [0.2, 0.25) is 0 Å². The number of carbonyl (C=O) groups is 1. The van der Waals surface area contributed by atoms with E-state index in [-0.39, 0.29) is 11.7 Å². The molecule has 1 N–H and O–H groups in total. The van der Waals surface area contributed by atoms with Crippen molar-refractivity contribution in [2.75, 3.05) is 13.1 Å². The lowest BCUT2D eigenvalue weighted by atomic mass is 10.0. The summed E-state index contributed by atoms with van der Waals surface area (Å²) in [6.07, 6.45) is 5.03. The fourth-order valence-corrected chi connectivity index (χ4v) is 3.84. The Morgan fingerprint density at radius 2 is 1.86 bits per heavy atom. The van der Waals surface area contributed by atoms with Crippen LogP contribution >= 0.6 is 0 Å². The Morgan fingerprint density at radius 1 is 1.07 bits per heavy atom. The minimum absolute atomic E-state index is 0.231. The number of aromatic nitrogens is 2. The van der Waals surface area contributed by atoms with Crippen LogP contribution in [0.4, 0.5) is 4.39 Å². The van der Waals surface area contributed by atoms with E-state index in [1.165, 1.54) is 29.2 Å². The third-order valence-corrected chi connectivity index (χ3v) is 5.40. The number of hydrogen-bond acceptors (Lipinski definition) is 3. The second kappa shape index (κ2) is 9.01. The predicted molar refractivity (Wildman–Crippen MR) is 110 cm³/mol. The SMILES string of the molecule is O=C(NCC1CCCCN1Cc1ccccc1)c1ccn(-c2ccccc2F)n1. The molecule has 1 amide bonds. The first-order valence-corrected chi connectivity index (χ1v) is 10.1. The Balaban J connectivity index is 1.38. The molecule has 0 saturated carbocycles. The summed E-state index contributed by atoms with van der Waals surface area (Å²) in [5.41, 5.74) is 1.90. The maximum atomic E-state index is 13.9. The Labute approximate surface area is 170 Å². The van der Waals surface area contributed by atoms with Gasteiger partial charge in [-0.1, -0.05) is 48.9 Å². The topological polar surface area (TPSA) is 50.2 Å². The molecule has 1 aromatic heterocycles. The summed E-state index contributed by atoms with van der Waals surface area (Å²) in [7, 11) is 0. The zero-order chi connectivity index (χ0) is 20.1. The summed E-state index contributed by atoms with van der Waals surface area (Å²) in [6.45, 7) is 2.51. The number of para-hydroxylation sites is 1. The van der Waals surface area contributed by atoms with Crippen LogP contribution in [-0.4, -0.2) is 39.7 Å². The molecule has 0 radical (unpaired) electrons. The van der Waals surface area contributed by atoms with Crippen molar-refractivity contribution in [3.05, 3.63) is 83.9 Å². The smallest absolute Gasteiger partial charge is 0.271 e. The molecule has 4 rings (SSSR count). The Hall–Kier alpha value is -2.99. The van der Waals surface area contributed by atoms with E-state index in [1.807, 2.05) is 6.07 Å². The van der Waals surface area contributed by atoms with Crippen LogP contribution in [0, 0.1) is 5.82 Å². The standard InChI is InChI=1S/C23H25FN4O/c24-20-11-4-5-12-22(20)28-15-13-21(26-28)23(29)25-16-19-10-6-7-14-27(19)17-18-8-2-1-3-9-18/h1-5,8-9,11-13,15,19H,6-7,10,14,16-17H2,(H,25,29). The minimum atomic E-state index is -0.374. The van der Waals surface area contributed by atoms with Gasteiger partial charge in [0.25, 0.3) is 5.91 Å². The van der Waals surface area contributed by atoms with Crippen LogP contribution in [0.1, 0.15) is 35.3 Å². The second-order valence-corrected chi connectivity index (χ2v) is 7.41. The molecular formula is C23H25FN4O. The Kier molecular flexibility index (Phi) is 6.00. The van der Waals surface area contributed by atoms with Gasteiger partial charge in [-0.25, -0.2) is 9.07 Å². The number of amides is 1. The summed E-state index contributed by atoms with van der Waals surface area (Å²) in [5, 5.41) is 7.26. The van der Waals surface area contributed by atoms with Gasteiger partial charge >= 0.3 is 0 Å². The number of carbonyl (C=O) groups excluding carboxylic acids is 1. The third-order valence-electron chi connectivity index (χ3n) is 5.40. The van der Waals surface area contributed by atoms with Crippen molar-refractivity contribution in [1.82, 2.24) is 20.0 Å². The van der Waals surface area contributed by atoms with Gasteiger partial charge in [0.1, 0.15) is 11.5 Å².